The van der Waals surface area contributed by atoms with Crippen molar-refractivity contribution in [2.45, 2.75) is 19.5 Å². The van der Waals surface area contributed by atoms with E-state index in [4.69, 9.17) is 7.85 Å². The maximum absolute atomic E-state index is 5.24. The molecule has 0 aromatic carbocycles. The Morgan fingerprint density at radius 1 is 1.80 bits per heavy atom. The highest BCUT2D eigenvalue weighted by atomic mass is 13.5. The van der Waals surface area contributed by atoms with Crippen molar-refractivity contribution in [3.8, 4) is 0 Å². The molecule has 1 atom stereocenters. The second-order valence-electron chi connectivity index (χ2n) is 1.19. The largest absolute Gasteiger partial charge is 0.105 e. The fourth-order valence-electron chi connectivity index (χ4n) is 0. The van der Waals surface area contributed by atoms with Gasteiger partial charge in [0.1, 0.15) is 0 Å². The minimum absolute atomic E-state index is 0.259. The van der Waals surface area contributed by atoms with E-state index in [1.54, 1.807) is 0 Å². The normalized spacial score (nSPS) is 14.0. The zero-order chi connectivity index (χ0) is 4.28. The van der Waals surface area contributed by atoms with Gasteiger partial charge in [-0.15, -0.1) is 5.72 Å². The number of rotatable bonds is 1. The molecule has 0 saturated heterocycles. The lowest BCUT2D eigenvalue weighted by Gasteiger charge is -1.88. The van der Waals surface area contributed by atoms with E-state index in [0.717, 1.165) is 0 Å². The van der Waals surface area contributed by atoms with Gasteiger partial charge in [-0.3, -0.25) is 0 Å². The maximum Gasteiger partial charge on any atom is 0.0989 e. The van der Waals surface area contributed by atoms with E-state index in [2.05, 4.69) is 0 Å². The highest BCUT2D eigenvalue weighted by Gasteiger charge is 1.82. The Hall–Kier alpha value is 0.130. The molecule has 0 aromatic heterocycles. The molecule has 1 unspecified atom stereocenters. The lowest BCUT2D eigenvalue weighted by molar-refractivity contribution is 1.34. The molecule has 0 amide bonds. The van der Waals surface area contributed by atoms with Crippen LogP contribution in [0.5, 0.6) is 0 Å². The molecule has 0 aliphatic carbocycles. The van der Waals surface area contributed by atoms with Crippen LogP contribution in [0.25, 0.3) is 0 Å². The van der Waals surface area contributed by atoms with Gasteiger partial charge in [-0.25, -0.2) is 0 Å². The average Bonchev–Trinajstić information content (AvgIpc) is 1.38. The van der Waals surface area contributed by atoms with Crippen molar-refractivity contribution >= 4 is 15.1 Å². The lowest BCUT2D eigenvalue weighted by Crippen LogP contribution is -1.89. The summed E-state index contributed by atoms with van der Waals surface area (Å²) in [4.78, 5) is 0. The Balaban J connectivity index is 2.54. The summed E-state index contributed by atoms with van der Waals surface area (Å²) in [5.74, 6) is 0. The molecule has 0 saturated carbocycles. The van der Waals surface area contributed by atoms with Gasteiger partial charge in [-0.1, -0.05) is 13.7 Å². The fourth-order valence-corrected chi connectivity index (χ4v) is 0. The first-order valence-electron chi connectivity index (χ1n) is 1.82. The van der Waals surface area contributed by atoms with Crippen LogP contribution in [0.3, 0.4) is 0 Å². The smallest absolute Gasteiger partial charge is 0.0989 e. The lowest BCUT2D eigenvalue weighted by atomic mass is 9.58. The molecule has 2 heteroatoms. The SMILES string of the molecule is [B]C(C)[B]C. The Bertz CT molecular complexity index is 18.9. The molecule has 5 heavy (non-hydrogen) atoms. The number of hydrogen-bond acceptors (Lipinski definition) is 0. The summed E-state index contributed by atoms with van der Waals surface area (Å²) in [6.45, 7) is 3.89. The first-order chi connectivity index (χ1) is 2.27. The van der Waals surface area contributed by atoms with Gasteiger partial charge in [0, 0.05) is 0 Å². The third-order valence-corrected chi connectivity index (χ3v) is 0.526. The van der Waals surface area contributed by atoms with Crippen LogP contribution < -0.4 is 0 Å². The summed E-state index contributed by atoms with van der Waals surface area (Å²) in [5.41, 5.74) is 0.259. The highest BCUT2D eigenvalue weighted by Crippen LogP contribution is 1.86. The molecule has 0 aromatic rings. The van der Waals surface area contributed by atoms with Gasteiger partial charge in [0.2, 0.25) is 0 Å². The van der Waals surface area contributed by atoms with Crippen LogP contribution in [0.15, 0.2) is 0 Å². The molecule has 3 radical (unpaired) electrons. The van der Waals surface area contributed by atoms with Crippen molar-refractivity contribution in [1.29, 1.82) is 0 Å². The van der Waals surface area contributed by atoms with Crippen molar-refractivity contribution in [2.75, 3.05) is 0 Å². The first kappa shape index (κ1) is 5.13. The van der Waals surface area contributed by atoms with E-state index in [-0.39, 0.29) is 5.72 Å². The van der Waals surface area contributed by atoms with Crippen LogP contribution in [0.2, 0.25) is 12.5 Å². The van der Waals surface area contributed by atoms with E-state index in [1.807, 2.05) is 21.0 Å². The predicted molar refractivity (Wildman–Crippen MR) is 26.8 cm³/mol. The van der Waals surface area contributed by atoms with Crippen LogP contribution in [0, 0.1) is 0 Å². The summed E-state index contributed by atoms with van der Waals surface area (Å²) < 4.78 is 0. The van der Waals surface area contributed by atoms with Crippen LogP contribution in [-0.2, 0) is 0 Å². The Morgan fingerprint density at radius 3 is 2.00 bits per heavy atom. The molecule has 0 aliphatic heterocycles. The summed E-state index contributed by atoms with van der Waals surface area (Å²) >= 11 is 0. The van der Waals surface area contributed by atoms with E-state index in [0.29, 0.717) is 0 Å². The quantitative estimate of drug-likeness (QED) is 0.394. The minimum atomic E-state index is 0.259. The highest BCUT2D eigenvalue weighted by molar-refractivity contribution is 6.48. The van der Waals surface area contributed by atoms with Crippen molar-refractivity contribution in [2.24, 2.45) is 0 Å². The second kappa shape index (κ2) is 2.37. The van der Waals surface area contributed by atoms with Gasteiger partial charge in [0.15, 0.2) is 0 Å². The standard InChI is InChI=1S/C3H7B2/c1-3(4)5-2/h3H,1-2H3. The van der Waals surface area contributed by atoms with Gasteiger partial charge in [0.25, 0.3) is 0 Å². The molecular weight excluding hydrogens is 57.7 g/mol. The van der Waals surface area contributed by atoms with Crippen LogP contribution in [0.1, 0.15) is 6.92 Å². The third kappa shape index (κ3) is 4.13. The van der Waals surface area contributed by atoms with Gasteiger partial charge >= 0.3 is 0 Å². The van der Waals surface area contributed by atoms with Crippen molar-refractivity contribution in [3.05, 3.63) is 0 Å². The van der Waals surface area contributed by atoms with Gasteiger partial charge < -0.3 is 0 Å². The Kier molecular flexibility index (Phi) is 2.43. The predicted octanol–water partition coefficient (Wildman–Crippen LogP) is 0.673. The van der Waals surface area contributed by atoms with Gasteiger partial charge in [-0.05, 0) is 0 Å². The molecule has 0 rings (SSSR count). The third-order valence-electron chi connectivity index (χ3n) is 0.526. The van der Waals surface area contributed by atoms with E-state index in [1.165, 1.54) is 0 Å². The molecule has 0 spiro atoms. The van der Waals surface area contributed by atoms with Crippen LogP contribution in [-0.4, -0.2) is 15.1 Å². The molecule has 0 heterocycles. The van der Waals surface area contributed by atoms with E-state index < -0.39 is 0 Å². The summed E-state index contributed by atoms with van der Waals surface area (Å²) in [7, 11) is 7.18. The van der Waals surface area contributed by atoms with E-state index in [9.17, 15) is 0 Å². The molecule has 0 N–H and O–H groups in total. The molecule has 0 fully saturated rings. The second-order valence-corrected chi connectivity index (χ2v) is 1.19. The Labute approximate surface area is 35.6 Å². The zero-order valence-corrected chi connectivity index (χ0v) is 3.73. The molecular formula is C3H7B2. The van der Waals surface area contributed by atoms with Crippen molar-refractivity contribution < 1.29 is 0 Å². The zero-order valence-electron chi connectivity index (χ0n) is 3.73. The maximum atomic E-state index is 5.24. The Morgan fingerprint density at radius 2 is 2.00 bits per heavy atom. The molecule has 0 nitrogen and oxygen atoms in total. The summed E-state index contributed by atoms with van der Waals surface area (Å²) in [5, 5.41) is 0. The fraction of sp³-hybridized carbons (Fsp3) is 1.00. The van der Waals surface area contributed by atoms with Gasteiger partial charge in [0.05, 0.1) is 15.1 Å². The van der Waals surface area contributed by atoms with Crippen molar-refractivity contribution in [3.63, 3.8) is 0 Å². The topological polar surface area (TPSA) is 0 Å². The van der Waals surface area contributed by atoms with Crippen molar-refractivity contribution in [1.82, 2.24) is 0 Å². The monoisotopic (exact) mass is 65.1 g/mol. The molecule has 0 bridgehead atoms. The van der Waals surface area contributed by atoms with Gasteiger partial charge in [-0.2, -0.15) is 0 Å². The minimum Gasteiger partial charge on any atom is -0.105 e. The van der Waals surface area contributed by atoms with E-state index >= 15 is 0 Å². The van der Waals surface area contributed by atoms with Crippen LogP contribution in [0.4, 0.5) is 0 Å². The average molecular weight is 64.7 g/mol. The summed E-state index contributed by atoms with van der Waals surface area (Å²) in [6, 6.07) is 0. The summed E-state index contributed by atoms with van der Waals surface area (Å²) in [6.07, 6.45) is 0. The first-order valence-corrected chi connectivity index (χ1v) is 1.82. The van der Waals surface area contributed by atoms with Crippen LogP contribution >= 0.6 is 0 Å². The number of hydrogen-bond donors (Lipinski definition) is 0. The molecule has 0 aliphatic rings. The molecule has 25 valence electrons.